The number of para-hydroxylation sites is 1. The number of benzene rings is 2. The van der Waals surface area contributed by atoms with Gasteiger partial charge < -0.3 is 21.3 Å². The summed E-state index contributed by atoms with van der Waals surface area (Å²) in [6.07, 6.45) is 0. The van der Waals surface area contributed by atoms with E-state index in [1.165, 1.54) is 0 Å². The predicted octanol–water partition coefficient (Wildman–Crippen LogP) is 3.31. The molecular weight excluding hydrogens is 332 g/mol. The molecule has 0 radical (unpaired) electrons. The Morgan fingerprint density at radius 1 is 1.13 bits per heavy atom. The van der Waals surface area contributed by atoms with Crippen LogP contribution in [-0.2, 0) is 0 Å². The number of rotatable bonds is 4. The van der Waals surface area contributed by atoms with Gasteiger partial charge in [0.2, 0.25) is 5.91 Å². The molecule has 5 nitrogen and oxygen atoms in total. The lowest BCUT2D eigenvalue weighted by Crippen LogP contribution is -2.21. The summed E-state index contributed by atoms with van der Waals surface area (Å²) in [5, 5.41) is 7.22. The van der Waals surface area contributed by atoms with Crippen LogP contribution in [0, 0.1) is 0 Å². The van der Waals surface area contributed by atoms with Crippen LogP contribution >= 0.6 is 23.8 Å². The van der Waals surface area contributed by atoms with Gasteiger partial charge >= 0.3 is 0 Å². The van der Waals surface area contributed by atoms with Crippen molar-refractivity contribution in [1.82, 2.24) is 0 Å². The normalized spacial score (nSPS) is 10.0. The molecule has 0 fully saturated rings. The highest BCUT2D eigenvalue weighted by molar-refractivity contribution is 7.80. The van der Waals surface area contributed by atoms with Crippen molar-refractivity contribution >= 4 is 51.9 Å². The highest BCUT2D eigenvalue weighted by atomic mass is 35.5. The third-order valence-electron chi connectivity index (χ3n) is 3.11. The fourth-order valence-corrected chi connectivity index (χ4v) is 2.64. The summed E-state index contributed by atoms with van der Waals surface area (Å²) in [6.45, 7) is 0. The van der Waals surface area contributed by atoms with Gasteiger partial charge in [0.05, 0.1) is 16.4 Å². The van der Waals surface area contributed by atoms with Gasteiger partial charge in [-0.3, -0.25) is 4.79 Å². The predicted molar refractivity (Wildman–Crippen MR) is 101 cm³/mol. The van der Waals surface area contributed by atoms with Crippen LogP contribution in [-0.4, -0.2) is 25.1 Å². The van der Waals surface area contributed by atoms with Crippen LogP contribution in [0.3, 0.4) is 0 Å². The Hall–Kier alpha value is -2.31. The van der Waals surface area contributed by atoms with E-state index in [0.29, 0.717) is 15.7 Å². The van der Waals surface area contributed by atoms with Crippen LogP contribution in [0.2, 0.25) is 5.02 Å². The molecule has 4 N–H and O–H groups in total. The number of hydrogen-bond acceptors (Lipinski definition) is 3. The second-order valence-electron chi connectivity index (χ2n) is 5.05. The van der Waals surface area contributed by atoms with Crippen LogP contribution < -0.4 is 21.3 Å². The van der Waals surface area contributed by atoms with Gasteiger partial charge in [0.25, 0.3) is 0 Å². The quantitative estimate of drug-likeness (QED) is 0.739. The number of hydrogen-bond donors (Lipinski definition) is 3. The van der Waals surface area contributed by atoms with Crippen LogP contribution in [0.25, 0.3) is 0 Å². The van der Waals surface area contributed by atoms with Gasteiger partial charge in [-0.05, 0) is 48.6 Å². The number of amides is 1. The van der Waals surface area contributed by atoms with E-state index >= 15 is 0 Å². The van der Waals surface area contributed by atoms with Gasteiger partial charge in [-0.1, -0.05) is 17.7 Å². The van der Waals surface area contributed by atoms with Gasteiger partial charge in [-0.15, -0.1) is 0 Å². The second kappa shape index (κ2) is 7.30. The minimum atomic E-state index is -0.466. The zero-order valence-corrected chi connectivity index (χ0v) is 14.3. The Morgan fingerprint density at radius 2 is 1.78 bits per heavy atom. The molecule has 23 heavy (non-hydrogen) atoms. The van der Waals surface area contributed by atoms with Crippen molar-refractivity contribution in [3.63, 3.8) is 0 Å². The zero-order valence-electron chi connectivity index (χ0n) is 12.8. The molecule has 0 saturated carbocycles. The maximum Gasteiger partial charge on any atom is 0.248 e. The first-order chi connectivity index (χ1) is 10.9. The first-order valence-corrected chi connectivity index (χ1v) is 7.61. The number of thiocarbonyl (C=S) groups is 1. The van der Waals surface area contributed by atoms with E-state index in [-0.39, 0.29) is 0 Å². The number of nitrogens with zero attached hydrogens (tertiary/aromatic N) is 1. The van der Waals surface area contributed by atoms with Crippen LogP contribution in [0.1, 0.15) is 10.4 Å². The first kappa shape index (κ1) is 17.1. The van der Waals surface area contributed by atoms with E-state index in [1.807, 2.05) is 37.2 Å². The molecule has 2 rings (SSSR count). The van der Waals surface area contributed by atoms with Crippen molar-refractivity contribution < 1.29 is 4.79 Å². The summed E-state index contributed by atoms with van der Waals surface area (Å²) in [4.78, 5) is 13.0. The highest BCUT2D eigenvalue weighted by Crippen LogP contribution is 2.32. The van der Waals surface area contributed by atoms with Crippen LogP contribution in [0.5, 0.6) is 0 Å². The van der Waals surface area contributed by atoms with E-state index in [0.717, 1.165) is 17.1 Å². The number of anilines is 3. The van der Waals surface area contributed by atoms with Gasteiger partial charge in [0.15, 0.2) is 5.11 Å². The van der Waals surface area contributed by atoms with Crippen LogP contribution in [0.15, 0.2) is 42.5 Å². The van der Waals surface area contributed by atoms with E-state index < -0.39 is 5.91 Å². The fourth-order valence-electron chi connectivity index (χ4n) is 2.07. The summed E-state index contributed by atoms with van der Waals surface area (Å²) < 4.78 is 0. The summed E-state index contributed by atoms with van der Waals surface area (Å²) in [5.41, 5.74) is 8.06. The molecular formula is C16H17ClN4OS. The Labute approximate surface area is 145 Å². The molecule has 0 aliphatic heterocycles. The van der Waals surface area contributed by atoms with E-state index in [4.69, 9.17) is 29.6 Å². The third-order valence-corrected chi connectivity index (χ3v) is 3.62. The molecule has 0 aliphatic carbocycles. The third kappa shape index (κ3) is 4.34. The number of primary amides is 1. The summed E-state index contributed by atoms with van der Waals surface area (Å²) in [7, 11) is 3.82. The average molecular weight is 349 g/mol. The monoisotopic (exact) mass is 348 g/mol. The molecule has 2 aromatic rings. The highest BCUT2D eigenvalue weighted by Gasteiger charge is 2.10. The summed E-state index contributed by atoms with van der Waals surface area (Å²) in [5.74, 6) is -0.466. The molecule has 7 heteroatoms. The molecule has 120 valence electrons. The second-order valence-corrected chi connectivity index (χ2v) is 5.87. The Balaban J connectivity index is 2.11. The number of nitrogens with one attached hydrogen (secondary N) is 2. The van der Waals surface area contributed by atoms with Crippen LogP contribution in [0.4, 0.5) is 17.1 Å². The summed E-state index contributed by atoms with van der Waals surface area (Å²) >= 11 is 11.5. The van der Waals surface area contributed by atoms with Crippen molar-refractivity contribution in [1.29, 1.82) is 0 Å². The topological polar surface area (TPSA) is 70.4 Å². The molecule has 0 aromatic heterocycles. The minimum absolute atomic E-state index is 0.419. The van der Waals surface area contributed by atoms with Gasteiger partial charge in [0.1, 0.15) is 0 Å². The summed E-state index contributed by atoms with van der Waals surface area (Å²) in [6, 6.07) is 12.3. The van der Waals surface area contributed by atoms with Crippen molar-refractivity contribution in [2.45, 2.75) is 0 Å². The lowest BCUT2D eigenvalue weighted by atomic mass is 10.2. The number of halogens is 1. The van der Waals surface area contributed by atoms with E-state index in [2.05, 4.69) is 10.6 Å². The standard InChI is InChI=1S/C16H17ClN4OS/c1-21(2)14-12(17)4-3-5-13(14)20-16(23)19-11-8-6-10(7-9-11)15(18)22/h3-9H,1-2H3,(H2,18,22)(H2,19,20,23). The van der Waals surface area contributed by atoms with Gasteiger partial charge in [-0.2, -0.15) is 0 Å². The molecule has 0 aliphatic rings. The maximum absolute atomic E-state index is 11.1. The lowest BCUT2D eigenvalue weighted by Gasteiger charge is -2.20. The number of carbonyl (C=O) groups is 1. The largest absolute Gasteiger partial charge is 0.375 e. The molecule has 2 aromatic carbocycles. The number of carbonyl (C=O) groups excluding carboxylic acids is 1. The number of nitrogens with two attached hydrogens (primary N) is 1. The molecule has 0 saturated heterocycles. The first-order valence-electron chi connectivity index (χ1n) is 6.82. The minimum Gasteiger partial charge on any atom is -0.375 e. The lowest BCUT2D eigenvalue weighted by molar-refractivity contribution is 0.100. The van der Waals surface area contributed by atoms with Crippen molar-refractivity contribution in [3.8, 4) is 0 Å². The van der Waals surface area contributed by atoms with E-state index in [1.54, 1.807) is 24.3 Å². The molecule has 0 bridgehead atoms. The van der Waals surface area contributed by atoms with E-state index in [9.17, 15) is 4.79 Å². The van der Waals surface area contributed by atoms with Crippen molar-refractivity contribution in [3.05, 3.63) is 53.1 Å². The molecule has 0 atom stereocenters. The maximum atomic E-state index is 11.1. The fraction of sp³-hybridized carbons (Fsp3) is 0.125. The molecule has 0 unspecified atom stereocenters. The zero-order chi connectivity index (χ0) is 17.0. The van der Waals surface area contributed by atoms with Gasteiger partial charge in [0, 0.05) is 25.3 Å². The van der Waals surface area contributed by atoms with Crippen molar-refractivity contribution in [2.75, 3.05) is 29.6 Å². The Morgan fingerprint density at radius 3 is 2.35 bits per heavy atom. The van der Waals surface area contributed by atoms with Gasteiger partial charge in [-0.25, -0.2) is 0 Å². The Kier molecular flexibility index (Phi) is 5.41. The van der Waals surface area contributed by atoms with Crippen molar-refractivity contribution in [2.24, 2.45) is 5.73 Å². The average Bonchev–Trinajstić information content (AvgIpc) is 2.47. The molecule has 0 spiro atoms. The Bertz CT molecular complexity index is 731. The molecule has 1 amide bonds. The SMILES string of the molecule is CN(C)c1c(Cl)cccc1NC(=S)Nc1ccc(C(N)=O)cc1. The molecule has 0 heterocycles. The smallest absolute Gasteiger partial charge is 0.248 e.